The van der Waals surface area contributed by atoms with Crippen LogP contribution in [0, 0.1) is 0 Å². The largest absolute Gasteiger partial charge is 0.456 e. The van der Waals surface area contributed by atoms with Gasteiger partial charge >= 0.3 is 5.97 Å². The number of rotatable bonds is 7. The average Bonchev–Trinajstić information content (AvgIpc) is 2.09. The Bertz CT molecular complexity index is 134. The predicted molar refractivity (Wildman–Crippen MR) is 35.9 cm³/mol. The molecular formula is C6H10O6. The zero-order valence-electron chi connectivity index (χ0n) is 6.65. The van der Waals surface area contributed by atoms with Gasteiger partial charge in [0.1, 0.15) is 6.79 Å². The van der Waals surface area contributed by atoms with Crippen LogP contribution in [0.2, 0.25) is 0 Å². The maximum Gasteiger partial charge on any atom is 0.346 e. The molecule has 0 unspecified atom stereocenters. The van der Waals surface area contributed by atoms with Crippen molar-refractivity contribution in [3.63, 3.8) is 0 Å². The van der Waals surface area contributed by atoms with Crippen LogP contribution >= 0.6 is 0 Å². The van der Waals surface area contributed by atoms with Gasteiger partial charge in [0.25, 0.3) is 6.47 Å². The molecule has 0 atom stereocenters. The summed E-state index contributed by atoms with van der Waals surface area (Å²) < 4.78 is 17.7. The van der Waals surface area contributed by atoms with Crippen molar-refractivity contribution >= 4 is 12.4 Å². The van der Waals surface area contributed by atoms with E-state index in [1.54, 1.807) is 0 Å². The fourth-order valence-electron chi connectivity index (χ4n) is 0.368. The Labute approximate surface area is 69.3 Å². The Morgan fingerprint density at radius 1 is 1.42 bits per heavy atom. The fraction of sp³-hybridized carbons (Fsp3) is 0.667. The summed E-state index contributed by atoms with van der Waals surface area (Å²) >= 11 is 0. The first-order valence-corrected chi connectivity index (χ1v) is 3.08. The number of methoxy groups -OCH3 is 1. The third-order valence-electron chi connectivity index (χ3n) is 0.774. The minimum atomic E-state index is -0.668. The van der Waals surface area contributed by atoms with Crippen LogP contribution in [0.4, 0.5) is 0 Å². The van der Waals surface area contributed by atoms with E-state index in [2.05, 4.69) is 18.9 Å². The molecular weight excluding hydrogens is 168 g/mol. The zero-order chi connectivity index (χ0) is 9.23. The van der Waals surface area contributed by atoms with Crippen LogP contribution in [-0.4, -0.2) is 39.7 Å². The van der Waals surface area contributed by atoms with E-state index in [9.17, 15) is 9.59 Å². The summed E-state index contributed by atoms with van der Waals surface area (Å²) in [6.45, 7) is -0.409. The lowest BCUT2D eigenvalue weighted by Crippen LogP contribution is -2.14. The third kappa shape index (κ3) is 6.97. The van der Waals surface area contributed by atoms with Gasteiger partial charge in [-0.15, -0.1) is 0 Å². The van der Waals surface area contributed by atoms with Gasteiger partial charge < -0.3 is 18.9 Å². The second-order valence-corrected chi connectivity index (χ2v) is 1.65. The summed E-state index contributed by atoms with van der Waals surface area (Å²) in [6.07, 6.45) is 0. The zero-order valence-corrected chi connectivity index (χ0v) is 6.65. The van der Waals surface area contributed by atoms with Gasteiger partial charge in [0, 0.05) is 7.11 Å². The number of ether oxygens (including phenoxy) is 4. The summed E-state index contributed by atoms with van der Waals surface area (Å²) in [5.41, 5.74) is 0. The van der Waals surface area contributed by atoms with Crippen LogP contribution in [-0.2, 0) is 28.5 Å². The lowest BCUT2D eigenvalue weighted by Gasteiger charge is -2.03. The van der Waals surface area contributed by atoms with Crippen LogP contribution in [0.3, 0.4) is 0 Å². The van der Waals surface area contributed by atoms with Crippen LogP contribution < -0.4 is 0 Å². The first kappa shape index (κ1) is 10.9. The highest BCUT2D eigenvalue weighted by Crippen LogP contribution is 1.81. The Hall–Kier alpha value is -1.14. The predicted octanol–water partition coefficient (Wildman–Crippen LogP) is -0.719. The van der Waals surface area contributed by atoms with Crippen LogP contribution in [0.1, 0.15) is 0 Å². The van der Waals surface area contributed by atoms with E-state index in [4.69, 9.17) is 0 Å². The number of hydrogen-bond donors (Lipinski definition) is 0. The quantitative estimate of drug-likeness (QED) is 0.222. The second kappa shape index (κ2) is 7.96. The second-order valence-electron chi connectivity index (χ2n) is 1.65. The summed E-state index contributed by atoms with van der Waals surface area (Å²) in [5.74, 6) is -0.668. The first-order valence-electron chi connectivity index (χ1n) is 3.08. The minimum Gasteiger partial charge on any atom is -0.456 e. The SMILES string of the molecule is COCOCOC(=O)COC=O. The molecule has 6 nitrogen and oxygen atoms in total. The van der Waals surface area contributed by atoms with Crippen molar-refractivity contribution in [1.29, 1.82) is 0 Å². The van der Waals surface area contributed by atoms with Crippen molar-refractivity contribution in [3.8, 4) is 0 Å². The van der Waals surface area contributed by atoms with Crippen LogP contribution in [0.5, 0.6) is 0 Å². The van der Waals surface area contributed by atoms with Crippen LogP contribution in [0.15, 0.2) is 0 Å². The van der Waals surface area contributed by atoms with Gasteiger partial charge in [-0.05, 0) is 0 Å². The highest BCUT2D eigenvalue weighted by atomic mass is 16.7. The maximum atomic E-state index is 10.5. The van der Waals surface area contributed by atoms with E-state index < -0.39 is 12.6 Å². The molecule has 70 valence electrons. The molecule has 0 bridgehead atoms. The van der Waals surface area contributed by atoms with E-state index >= 15 is 0 Å². The van der Waals surface area contributed by atoms with Crippen molar-refractivity contribution in [2.75, 3.05) is 27.3 Å². The van der Waals surface area contributed by atoms with Gasteiger partial charge in [0.2, 0.25) is 0 Å². The van der Waals surface area contributed by atoms with E-state index in [0.717, 1.165) is 0 Å². The van der Waals surface area contributed by atoms with Crippen molar-refractivity contribution in [2.45, 2.75) is 0 Å². The smallest absolute Gasteiger partial charge is 0.346 e. The van der Waals surface area contributed by atoms with E-state index in [1.807, 2.05) is 0 Å². The maximum absolute atomic E-state index is 10.5. The lowest BCUT2D eigenvalue weighted by atomic mass is 10.7. The van der Waals surface area contributed by atoms with Gasteiger partial charge in [0.15, 0.2) is 13.4 Å². The molecule has 0 N–H and O–H groups in total. The molecule has 0 aliphatic carbocycles. The van der Waals surface area contributed by atoms with Crippen molar-refractivity contribution < 1.29 is 28.5 Å². The molecule has 0 aliphatic rings. The summed E-state index contributed by atoms with van der Waals surface area (Å²) in [7, 11) is 1.44. The van der Waals surface area contributed by atoms with Gasteiger partial charge in [0.05, 0.1) is 0 Å². The summed E-state index contributed by atoms with van der Waals surface area (Å²) in [4.78, 5) is 20.1. The molecule has 0 amide bonds. The Morgan fingerprint density at radius 2 is 2.17 bits per heavy atom. The number of carbonyl (C=O) groups is 2. The van der Waals surface area contributed by atoms with Gasteiger partial charge in [-0.1, -0.05) is 0 Å². The molecule has 0 aromatic rings. The molecule has 6 heteroatoms. The number of carbonyl (C=O) groups excluding carboxylic acids is 2. The normalized spacial score (nSPS) is 9.08. The average molecular weight is 178 g/mol. The van der Waals surface area contributed by atoms with E-state index in [1.165, 1.54) is 7.11 Å². The molecule has 0 saturated heterocycles. The monoisotopic (exact) mass is 178 g/mol. The van der Waals surface area contributed by atoms with E-state index in [-0.39, 0.29) is 20.1 Å². The molecule has 0 fully saturated rings. The molecule has 0 aromatic heterocycles. The highest BCUT2D eigenvalue weighted by molar-refractivity contribution is 5.71. The summed E-state index contributed by atoms with van der Waals surface area (Å²) in [5, 5.41) is 0. The van der Waals surface area contributed by atoms with Crippen molar-refractivity contribution in [2.24, 2.45) is 0 Å². The van der Waals surface area contributed by atoms with Gasteiger partial charge in [-0.25, -0.2) is 4.79 Å². The number of esters is 1. The molecule has 0 rings (SSSR count). The molecule has 0 saturated carbocycles. The standard InChI is InChI=1S/C6H10O6/c1-9-4-11-5-12-6(8)2-10-3-7/h3H,2,4-5H2,1H3. The Balaban J connectivity index is 3.13. The Kier molecular flexibility index (Phi) is 7.21. The highest BCUT2D eigenvalue weighted by Gasteiger charge is 2.01. The molecule has 0 spiro atoms. The fourth-order valence-corrected chi connectivity index (χ4v) is 0.368. The van der Waals surface area contributed by atoms with Gasteiger partial charge in [-0.3, -0.25) is 4.79 Å². The minimum absolute atomic E-state index is 0.0435. The lowest BCUT2D eigenvalue weighted by molar-refractivity contribution is -0.171. The number of hydrogen-bond acceptors (Lipinski definition) is 6. The van der Waals surface area contributed by atoms with Crippen molar-refractivity contribution in [3.05, 3.63) is 0 Å². The molecule has 0 radical (unpaired) electrons. The van der Waals surface area contributed by atoms with Gasteiger partial charge in [-0.2, -0.15) is 0 Å². The first-order chi connectivity index (χ1) is 5.81. The summed E-state index contributed by atoms with van der Waals surface area (Å²) in [6, 6.07) is 0. The molecule has 0 heterocycles. The van der Waals surface area contributed by atoms with Crippen LogP contribution in [0.25, 0.3) is 0 Å². The Morgan fingerprint density at radius 3 is 2.75 bits per heavy atom. The molecule has 0 aliphatic heterocycles. The molecule has 0 aromatic carbocycles. The van der Waals surface area contributed by atoms with Crippen molar-refractivity contribution in [1.82, 2.24) is 0 Å². The third-order valence-corrected chi connectivity index (χ3v) is 0.774. The topological polar surface area (TPSA) is 71.1 Å². The molecule has 12 heavy (non-hydrogen) atoms. The van der Waals surface area contributed by atoms with E-state index in [0.29, 0.717) is 0 Å².